The van der Waals surface area contributed by atoms with Crippen molar-refractivity contribution < 1.29 is 19.4 Å². The van der Waals surface area contributed by atoms with Crippen LogP contribution in [-0.4, -0.2) is 67.8 Å². The maximum Gasteiger partial charge on any atom is 0.247 e. The summed E-state index contributed by atoms with van der Waals surface area (Å²) in [4.78, 5) is 30.0. The SMILES string of the molecule is CCOc1ccc([C@H](C(=O)NC2CCCC2)N(CCCO)C(=O)Cn2nnc(-c3ccc(C)cc3)n2)cc1. The van der Waals surface area contributed by atoms with Gasteiger partial charge in [0.25, 0.3) is 0 Å². The number of benzene rings is 2. The van der Waals surface area contributed by atoms with Crippen LogP contribution in [0, 0.1) is 6.92 Å². The molecular weight excluding hydrogens is 484 g/mol. The number of aromatic nitrogens is 4. The van der Waals surface area contributed by atoms with Gasteiger partial charge in [-0.1, -0.05) is 54.8 Å². The molecule has 2 N–H and O–H groups in total. The Kier molecular flexibility index (Phi) is 9.42. The van der Waals surface area contributed by atoms with Crippen LogP contribution < -0.4 is 10.1 Å². The zero-order valence-corrected chi connectivity index (χ0v) is 22.0. The number of tetrazole rings is 1. The molecule has 1 aliphatic carbocycles. The lowest BCUT2D eigenvalue weighted by atomic mass is 10.0. The Balaban J connectivity index is 1.59. The molecule has 1 atom stereocenters. The number of aliphatic hydroxyl groups is 1. The first kappa shape index (κ1) is 27.3. The molecule has 1 aromatic heterocycles. The third kappa shape index (κ3) is 6.95. The van der Waals surface area contributed by atoms with Crippen LogP contribution in [0.4, 0.5) is 0 Å². The Bertz CT molecular complexity index is 1190. The number of carbonyl (C=O) groups excluding carboxylic acids is 2. The van der Waals surface area contributed by atoms with E-state index in [1.807, 2.05) is 50.2 Å². The number of ether oxygens (including phenoxy) is 1. The summed E-state index contributed by atoms with van der Waals surface area (Å²) in [5, 5.41) is 25.3. The fraction of sp³-hybridized carbons (Fsp3) is 0.464. The standard InChI is InChI=1S/C28H36N6O4/c1-3-38-24-15-13-21(14-16-24)26(28(37)29-23-7-4-5-8-23)33(17-6-18-35)25(36)19-34-31-27(30-32-34)22-11-9-20(2)10-12-22/h9-16,23,26,35H,3-8,17-19H2,1-2H3,(H,29,37)/t26-/m1/s1. The van der Waals surface area contributed by atoms with E-state index < -0.39 is 6.04 Å². The number of nitrogens with one attached hydrogen (secondary N) is 1. The lowest BCUT2D eigenvalue weighted by Gasteiger charge is -2.32. The van der Waals surface area contributed by atoms with E-state index in [1.54, 1.807) is 12.1 Å². The van der Waals surface area contributed by atoms with Crippen LogP contribution in [0.5, 0.6) is 5.75 Å². The maximum absolute atomic E-state index is 13.6. The Morgan fingerprint density at radius 2 is 1.84 bits per heavy atom. The first-order chi connectivity index (χ1) is 18.5. The molecule has 0 spiro atoms. The van der Waals surface area contributed by atoms with Gasteiger partial charge in [0.15, 0.2) is 0 Å². The zero-order chi connectivity index (χ0) is 26.9. The summed E-state index contributed by atoms with van der Waals surface area (Å²) < 4.78 is 5.56. The van der Waals surface area contributed by atoms with Crippen molar-refractivity contribution in [1.29, 1.82) is 0 Å². The number of carbonyl (C=O) groups is 2. The number of rotatable bonds is 12. The largest absolute Gasteiger partial charge is 0.494 e. The molecular formula is C28H36N6O4. The van der Waals surface area contributed by atoms with Crippen LogP contribution in [0.2, 0.25) is 0 Å². The van der Waals surface area contributed by atoms with Crippen LogP contribution in [0.3, 0.4) is 0 Å². The number of aryl methyl sites for hydroxylation is 1. The van der Waals surface area contributed by atoms with Crippen molar-refractivity contribution in [3.05, 3.63) is 59.7 Å². The van der Waals surface area contributed by atoms with Gasteiger partial charge in [-0.3, -0.25) is 9.59 Å². The molecule has 202 valence electrons. The van der Waals surface area contributed by atoms with Crippen LogP contribution >= 0.6 is 0 Å². The third-order valence-corrected chi connectivity index (χ3v) is 6.69. The number of nitrogens with zero attached hydrogens (tertiary/aromatic N) is 5. The van der Waals surface area contributed by atoms with Gasteiger partial charge in [0.1, 0.15) is 18.3 Å². The first-order valence-electron chi connectivity index (χ1n) is 13.3. The first-order valence-corrected chi connectivity index (χ1v) is 13.3. The summed E-state index contributed by atoms with van der Waals surface area (Å²) >= 11 is 0. The molecule has 2 aromatic carbocycles. The van der Waals surface area contributed by atoms with Crippen molar-refractivity contribution >= 4 is 11.8 Å². The molecule has 0 saturated heterocycles. The molecule has 0 radical (unpaired) electrons. The Hall–Kier alpha value is -3.79. The molecule has 4 rings (SSSR count). The van der Waals surface area contributed by atoms with Crippen LogP contribution in [0.25, 0.3) is 11.4 Å². The highest BCUT2D eigenvalue weighted by molar-refractivity contribution is 5.89. The van der Waals surface area contributed by atoms with Gasteiger partial charge in [-0.25, -0.2) is 0 Å². The Morgan fingerprint density at radius 3 is 2.50 bits per heavy atom. The molecule has 1 saturated carbocycles. The molecule has 10 nitrogen and oxygen atoms in total. The van der Waals surface area contributed by atoms with E-state index in [9.17, 15) is 14.7 Å². The summed E-state index contributed by atoms with van der Waals surface area (Å²) in [5.41, 5.74) is 2.59. The Labute approximate surface area is 223 Å². The lowest BCUT2D eigenvalue weighted by molar-refractivity contribution is -0.142. The lowest BCUT2D eigenvalue weighted by Crippen LogP contribution is -2.47. The molecule has 1 heterocycles. The van der Waals surface area contributed by atoms with Gasteiger partial charge in [-0.05, 0) is 56.0 Å². The quantitative estimate of drug-likeness (QED) is 0.376. The van der Waals surface area contributed by atoms with Gasteiger partial charge < -0.3 is 20.1 Å². The van der Waals surface area contributed by atoms with Crippen LogP contribution in [0.1, 0.15) is 56.2 Å². The second kappa shape index (κ2) is 13.1. The molecule has 0 aliphatic heterocycles. The summed E-state index contributed by atoms with van der Waals surface area (Å²) in [7, 11) is 0. The number of hydrogen-bond acceptors (Lipinski definition) is 7. The topological polar surface area (TPSA) is 122 Å². The molecule has 0 unspecified atom stereocenters. The molecule has 3 aromatic rings. The van der Waals surface area contributed by atoms with Crippen molar-refractivity contribution in [2.45, 2.75) is 64.6 Å². The average molecular weight is 521 g/mol. The molecule has 1 fully saturated rings. The highest BCUT2D eigenvalue weighted by Gasteiger charge is 2.33. The van der Waals surface area contributed by atoms with Crippen molar-refractivity contribution in [1.82, 2.24) is 30.4 Å². The monoisotopic (exact) mass is 520 g/mol. The predicted octanol–water partition coefficient (Wildman–Crippen LogP) is 3.06. The van der Waals surface area contributed by atoms with Gasteiger partial charge in [0.05, 0.1) is 6.61 Å². The van der Waals surface area contributed by atoms with Gasteiger partial charge >= 0.3 is 0 Å². The van der Waals surface area contributed by atoms with Gasteiger partial charge in [0.2, 0.25) is 17.6 Å². The second-order valence-corrected chi connectivity index (χ2v) is 9.57. The van der Waals surface area contributed by atoms with Crippen LogP contribution in [0.15, 0.2) is 48.5 Å². The zero-order valence-electron chi connectivity index (χ0n) is 22.0. The summed E-state index contributed by atoms with van der Waals surface area (Å²) in [6, 6.07) is 14.2. The van der Waals surface area contributed by atoms with E-state index >= 15 is 0 Å². The van der Waals surface area contributed by atoms with E-state index in [4.69, 9.17) is 4.74 Å². The number of amides is 2. The maximum atomic E-state index is 13.6. The van der Waals surface area contributed by atoms with E-state index in [2.05, 4.69) is 20.7 Å². The number of aliphatic hydroxyl groups excluding tert-OH is 1. The fourth-order valence-electron chi connectivity index (χ4n) is 4.72. The minimum atomic E-state index is -0.870. The Morgan fingerprint density at radius 1 is 1.13 bits per heavy atom. The average Bonchev–Trinajstić information content (AvgIpc) is 3.60. The molecule has 38 heavy (non-hydrogen) atoms. The van der Waals surface area contributed by atoms with Gasteiger partial charge in [0, 0.05) is 24.8 Å². The summed E-state index contributed by atoms with van der Waals surface area (Å²) in [6.07, 6.45) is 4.34. The molecule has 1 aliphatic rings. The predicted molar refractivity (Wildman–Crippen MR) is 142 cm³/mol. The van der Waals surface area contributed by atoms with Gasteiger partial charge in [-0.2, -0.15) is 4.80 Å². The van der Waals surface area contributed by atoms with E-state index in [0.29, 0.717) is 30.2 Å². The molecule has 2 amide bonds. The van der Waals surface area contributed by atoms with Gasteiger partial charge in [-0.15, -0.1) is 10.2 Å². The fourth-order valence-corrected chi connectivity index (χ4v) is 4.72. The summed E-state index contributed by atoms with van der Waals surface area (Å²) in [6.45, 7) is 4.34. The van der Waals surface area contributed by atoms with Crippen molar-refractivity contribution in [3.63, 3.8) is 0 Å². The van der Waals surface area contributed by atoms with E-state index in [1.165, 1.54) is 9.70 Å². The smallest absolute Gasteiger partial charge is 0.247 e. The summed E-state index contributed by atoms with van der Waals surface area (Å²) in [5.74, 6) is 0.530. The highest BCUT2D eigenvalue weighted by Crippen LogP contribution is 2.27. The van der Waals surface area contributed by atoms with Crippen molar-refractivity contribution in [3.8, 4) is 17.1 Å². The minimum Gasteiger partial charge on any atom is -0.494 e. The van der Waals surface area contributed by atoms with E-state index in [0.717, 1.165) is 36.8 Å². The van der Waals surface area contributed by atoms with Crippen LogP contribution in [-0.2, 0) is 16.1 Å². The minimum absolute atomic E-state index is 0.0940. The number of hydrogen-bond donors (Lipinski definition) is 2. The van der Waals surface area contributed by atoms with E-state index in [-0.39, 0.29) is 37.6 Å². The third-order valence-electron chi connectivity index (χ3n) is 6.69. The second-order valence-electron chi connectivity index (χ2n) is 9.57. The van der Waals surface area contributed by atoms with Crippen molar-refractivity contribution in [2.75, 3.05) is 19.8 Å². The normalized spacial score (nSPS) is 14.3. The molecule has 0 bridgehead atoms. The van der Waals surface area contributed by atoms with Crippen molar-refractivity contribution in [2.24, 2.45) is 0 Å². The molecule has 10 heteroatoms. The highest BCUT2D eigenvalue weighted by atomic mass is 16.5.